The molecule has 8 heteroatoms. The lowest BCUT2D eigenvalue weighted by atomic mass is 10.1. The molecule has 1 aromatic carbocycles. The van der Waals surface area contributed by atoms with Crippen molar-refractivity contribution in [1.82, 2.24) is 20.2 Å². The van der Waals surface area contributed by atoms with Crippen LogP contribution in [0.25, 0.3) is 11.0 Å². The number of carbonyl (C=O) groups is 1. The maximum atomic E-state index is 13.8. The number of nitrogens with one attached hydrogen (secondary N) is 1. The third kappa shape index (κ3) is 3.90. The first-order chi connectivity index (χ1) is 13.6. The van der Waals surface area contributed by atoms with Crippen molar-refractivity contribution >= 4 is 17.0 Å². The highest BCUT2D eigenvalue weighted by Gasteiger charge is 2.26. The van der Waals surface area contributed by atoms with E-state index in [2.05, 4.69) is 15.3 Å². The van der Waals surface area contributed by atoms with Crippen molar-refractivity contribution in [3.05, 3.63) is 54.4 Å². The third-order valence-corrected chi connectivity index (χ3v) is 4.84. The van der Waals surface area contributed by atoms with E-state index in [4.69, 9.17) is 9.15 Å². The summed E-state index contributed by atoms with van der Waals surface area (Å²) in [7, 11) is 0. The number of para-hydroxylation sites is 1. The van der Waals surface area contributed by atoms with Crippen molar-refractivity contribution in [2.45, 2.75) is 31.9 Å². The van der Waals surface area contributed by atoms with Gasteiger partial charge in [0.15, 0.2) is 11.4 Å². The molecular weight excluding hydrogens is 363 g/mol. The minimum absolute atomic E-state index is 0.0107. The molecule has 1 fully saturated rings. The summed E-state index contributed by atoms with van der Waals surface area (Å²) in [5.74, 6) is 0.609. The lowest BCUT2D eigenvalue weighted by Crippen LogP contribution is -2.47. The number of fused-ring (bicyclic) bond motifs is 1. The Morgan fingerprint density at radius 1 is 1.36 bits per heavy atom. The van der Waals surface area contributed by atoms with Gasteiger partial charge in [-0.15, -0.1) is 0 Å². The fraction of sp³-hybridized carbons (Fsp3) is 0.350. The van der Waals surface area contributed by atoms with Crippen LogP contribution in [-0.2, 0) is 0 Å². The normalized spacial score (nSPS) is 16.1. The predicted octanol–water partition coefficient (Wildman–Crippen LogP) is 3.68. The van der Waals surface area contributed by atoms with E-state index in [0.29, 0.717) is 43.0 Å². The predicted molar refractivity (Wildman–Crippen MR) is 100 cm³/mol. The number of nitrogens with zero attached hydrogens (tertiary/aromatic N) is 3. The largest absolute Gasteiger partial charge is 0.473 e. The Hall–Kier alpha value is -3.16. The Morgan fingerprint density at radius 2 is 2.18 bits per heavy atom. The van der Waals surface area contributed by atoms with Crippen molar-refractivity contribution in [2.24, 2.45) is 0 Å². The highest BCUT2D eigenvalue weighted by molar-refractivity contribution is 5.79. The van der Waals surface area contributed by atoms with Crippen LogP contribution in [0.1, 0.15) is 31.6 Å². The van der Waals surface area contributed by atoms with Crippen LogP contribution < -0.4 is 10.1 Å². The molecule has 1 atom stereocenters. The molecule has 1 aliphatic heterocycles. The summed E-state index contributed by atoms with van der Waals surface area (Å²) < 4.78 is 25.2. The number of ether oxygens (including phenoxy) is 1. The van der Waals surface area contributed by atoms with Crippen molar-refractivity contribution in [1.29, 1.82) is 0 Å². The second-order valence-corrected chi connectivity index (χ2v) is 6.83. The summed E-state index contributed by atoms with van der Waals surface area (Å²) in [5.41, 5.74) is 0.209. The second kappa shape index (κ2) is 7.84. The minimum Gasteiger partial charge on any atom is -0.473 e. The minimum atomic E-state index is -0.410. The number of piperidine rings is 1. The third-order valence-electron chi connectivity index (χ3n) is 4.84. The van der Waals surface area contributed by atoms with E-state index in [9.17, 15) is 9.18 Å². The molecule has 1 saturated heterocycles. The SMILES string of the molecule is CC(NC(=O)N1CCC(Oc2cnccn2)CC1)c1cc2cccc(F)c2o1. The van der Waals surface area contributed by atoms with Crippen LogP contribution >= 0.6 is 0 Å². The molecule has 146 valence electrons. The van der Waals surface area contributed by atoms with E-state index in [1.54, 1.807) is 41.7 Å². The van der Waals surface area contributed by atoms with E-state index in [1.807, 2.05) is 6.92 Å². The number of carbonyl (C=O) groups excluding carboxylic acids is 1. The zero-order chi connectivity index (χ0) is 19.5. The molecule has 0 saturated carbocycles. The van der Waals surface area contributed by atoms with Gasteiger partial charge in [-0.05, 0) is 19.1 Å². The van der Waals surface area contributed by atoms with Crippen molar-refractivity contribution in [3.8, 4) is 5.88 Å². The van der Waals surface area contributed by atoms with Crippen LogP contribution in [0, 0.1) is 5.82 Å². The Morgan fingerprint density at radius 3 is 2.89 bits per heavy atom. The molecular formula is C20H21FN4O3. The number of benzene rings is 1. The Bertz CT molecular complexity index is 954. The van der Waals surface area contributed by atoms with Gasteiger partial charge in [0.2, 0.25) is 5.88 Å². The number of halogens is 1. The quantitative estimate of drug-likeness (QED) is 0.742. The number of aromatic nitrogens is 2. The summed E-state index contributed by atoms with van der Waals surface area (Å²) >= 11 is 0. The lowest BCUT2D eigenvalue weighted by Gasteiger charge is -2.32. The van der Waals surface area contributed by atoms with Gasteiger partial charge >= 0.3 is 6.03 Å². The van der Waals surface area contributed by atoms with Crippen LogP contribution in [0.15, 0.2) is 47.3 Å². The maximum Gasteiger partial charge on any atom is 0.317 e. The molecule has 28 heavy (non-hydrogen) atoms. The molecule has 0 aliphatic carbocycles. The number of urea groups is 1. The van der Waals surface area contributed by atoms with E-state index in [0.717, 1.165) is 0 Å². The summed E-state index contributed by atoms with van der Waals surface area (Å²) in [4.78, 5) is 22.4. The fourth-order valence-corrected chi connectivity index (χ4v) is 3.30. The van der Waals surface area contributed by atoms with Gasteiger partial charge in [-0.25, -0.2) is 14.2 Å². The summed E-state index contributed by atoms with van der Waals surface area (Å²) in [6, 6.07) is 5.98. The average Bonchev–Trinajstić information content (AvgIpc) is 3.15. The molecule has 4 rings (SSSR count). The monoisotopic (exact) mass is 384 g/mol. The number of furan rings is 1. The first-order valence-corrected chi connectivity index (χ1v) is 9.26. The van der Waals surface area contributed by atoms with Crippen LogP contribution in [0.5, 0.6) is 5.88 Å². The number of rotatable bonds is 4. The topological polar surface area (TPSA) is 80.5 Å². The molecule has 2 amide bonds. The van der Waals surface area contributed by atoms with Gasteiger partial charge in [0.25, 0.3) is 0 Å². The maximum absolute atomic E-state index is 13.8. The average molecular weight is 384 g/mol. The fourth-order valence-electron chi connectivity index (χ4n) is 3.30. The zero-order valence-corrected chi connectivity index (χ0v) is 15.5. The van der Waals surface area contributed by atoms with Gasteiger partial charge < -0.3 is 19.4 Å². The first kappa shape index (κ1) is 18.2. The summed E-state index contributed by atoms with van der Waals surface area (Å²) in [6.07, 6.45) is 6.21. The van der Waals surface area contributed by atoms with E-state index >= 15 is 0 Å². The zero-order valence-electron chi connectivity index (χ0n) is 15.5. The van der Waals surface area contributed by atoms with Crippen molar-refractivity contribution < 1.29 is 18.3 Å². The second-order valence-electron chi connectivity index (χ2n) is 6.83. The molecule has 1 aliphatic rings. The Labute approximate surface area is 161 Å². The number of amides is 2. The van der Waals surface area contributed by atoms with Gasteiger partial charge in [-0.1, -0.05) is 12.1 Å². The smallest absolute Gasteiger partial charge is 0.317 e. The molecule has 1 unspecified atom stereocenters. The van der Waals surface area contributed by atoms with Gasteiger partial charge in [0, 0.05) is 43.7 Å². The molecule has 3 aromatic rings. The lowest BCUT2D eigenvalue weighted by molar-refractivity contribution is 0.106. The Balaban J connectivity index is 1.32. The number of likely N-dealkylation sites (tertiary alicyclic amines) is 1. The molecule has 0 bridgehead atoms. The van der Waals surface area contributed by atoms with E-state index < -0.39 is 5.82 Å². The number of hydrogen-bond donors (Lipinski definition) is 1. The van der Waals surface area contributed by atoms with Crippen LogP contribution in [0.2, 0.25) is 0 Å². The van der Waals surface area contributed by atoms with E-state index in [1.165, 1.54) is 6.07 Å². The van der Waals surface area contributed by atoms with Gasteiger partial charge in [-0.3, -0.25) is 4.98 Å². The van der Waals surface area contributed by atoms with E-state index in [-0.39, 0.29) is 23.8 Å². The van der Waals surface area contributed by atoms with Crippen LogP contribution in [0.3, 0.4) is 0 Å². The molecule has 2 aromatic heterocycles. The highest BCUT2D eigenvalue weighted by Crippen LogP contribution is 2.26. The Kier molecular flexibility index (Phi) is 5.10. The van der Waals surface area contributed by atoms with Crippen molar-refractivity contribution in [3.63, 3.8) is 0 Å². The van der Waals surface area contributed by atoms with Crippen molar-refractivity contribution in [2.75, 3.05) is 13.1 Å². The number of hydrogen-bond acceptors (Lipinski definition) is 5. The van der Waals surface area contributed by atoms with Gasteiger partial charge in [0.05, 0.1) is 12.2 Å². The highest BCUT2D eigenvalue weighted by atomic mass is 19.1. The molecule has 1 N–H and O–H groups in total. The molecule has 3 heterocycles. The molecule has 0 radical (unpaired) electrons. The molecule has 0 spiro atoms. The summed E-state index contributed by atoms with van der Waals surface area (Å²) in [6.45, 7) is 2.98. The summed E-state index contributed by atoms with van der Waals surface area (Å²) in [5, 5.41) is 3.60. The van der Waals surface area contributed by atoms with Gasteiger partial charge in [-0.2, -0.15) is 0 Å². The first-order valence-electron chi connectivity index (χ1n) is 9.26. The van der Waals surface area contributed by atoms with Gasteiger partial charge in [0.1, 0.15) is 11.9 Å². The standard InChI is InChI=1S/C20H21FN4O3/c1-13(17-11-14-3-2-4-16(21)19(14)28-17)24-20(26)25-9-5-15(6-10-25)27-18-12-22-7-8-23-18/h2-4,7-8,11-13,15H,5-6,9-10H2,1H3,(H,24,26). The molecule has 7 nitrogen and oxygen atoms in total. The van der Waals surface area contributed by atoms with Crippen LogP contribution in [-0.4, -0.2) is 40.1 Å². The van der Waals surface area contributed by atoms with Crippen LogP contribution in [0.4, 0.5) is 9.18 Å².